The van der Waals surface area contributed by atoms with E-state index in [9.17, 15) is 14.4 Å². The number of aryl methyl sites for hydroxylation is 2. The molecule has 4 aromatic rings. The number of para-hydroxylation sites is 1. The number of amides is 2. The van der Waals surface area contributed by atoms with Gasteiger partial charge in [-0.3, -0.25) is 14.4 Å². The minimum absolute atomic E-state index is 0.0264. The van der Waals surface area contributed by atoms with E-state index in [-0.39, 0.29) is 47.1 Å². The zero-order valence-corrected chi connectivity index (χ0v) is 25.3. The van der Waals surface area contributed by atoms with Gasteiger partial charge in [-0.05, 0) is 55.4 Å². The maximum Gasteiger partial charge on any atom is 0.303 e. The average Bonchev–Trinajstić information content (AvgIpc) is 3.70. The van der Waals surface area contributed by atoms with Crippen molar-refractivity contribution in [3.05, 3.63) is 80.6 Å². The topological polar surface area (TPSA) is 105 Å². The molecule has 6 rings (SSSR count). The highest BCUT2D eigenvalue weighted by molar-refractivity contribution is 7.11. The highest BCUT2D eigenvalue weighted by Gasteiger charge is 2.46. The number of rotatable bonds is 8. The summed E-state index contributed by atoms with van der Waals surface area (Å²) in [7, 11) is 1.85. The van der Waals surface area contributed by atoms with Crippen molar-refractivity contribution in [1.29, 1.82) is 0 Å². The van der Waals surface area contributed by atoms with E-state index in [0.717, 1.165) is 52.9 Å². The maximum absolute atomic E-state index is 15.5. The number of nitrogens with one attached hydrogen (secondary N) is 1. The molecule has 2 amide bonds. The second kappa shape index (κ2) is 12.1. The number of fused-ring (bicyclic) bond motifs is 2. The lowest BCUT2D eigenvalue weighted by Gasteiger charge is -2.33. The van der Waals surface area contributed by atoms with Crippen molar-refractivity contribution in [3.63, 3.8) is 0 Å². The van der Waals surface area contributed by atoms with Crippen LogP contribution in [0.3, 0.4) is 0 Å². The summed E-state index contributed by atoms with van der Waals surface area (Å²) in [6.07, 6.45) is 8.56. The Kier molecular flexibility index (Phi) is 8.24. The zero-order valence-electron chi connectivity index (χ0n) is 23.7. The summed E-state index contributed by atoms with van der Waals surface area (Å²) >= 11 is 7.98. The van der Waals surface area contributed by atoms with Crippen molar-refractivity contribution in [1.82, 2.24) is 14.5 Å². The molecule has 2 N–H and O–H groups in total. The standard InChI is InChI=1S/C32H32ClFN4O4S/c1-37-17-22(21-7-3-5-9-27(21)37)31(42)36-25-15-24(34)19(12-23(25)33)14-29(39)38-26-8-4-2-6-18(26)13-28(38)32-35-16-20(43-32)10-11-30(40)41/h3,5,7,9,12,15-18,26,28H,2,4,6,8,10-11,13-14H2,1H3,(H,36,42)(H,40,41)/t18-,26?,28-/m0/s1. The van der Waals surface area contributed by atoms with Gasteiger partial charge in [-0.25, -0.2) is 9.37 Å². The first-order valence-corrected chi connectivity index (χ1v) is 15.7. The Morgan fingerprint density at radius 2 is 1.98 bits per heavy atom. The molecule has 2 aromatic carbocycles. The summed E-state index contributed by atoms with van der Waals surface area (Å²) in [5.41, 5.74) is 1.64. The molecule has 1 unspecified atom stereocenters. The van der Waals surface area contributed by atoms with E-state index in [1.165, 1.54) is 23.5 Å². The Bertz CT molecular complexity index is 1720. The fourth-order valence-corrected chi connectivity index (χ4v) is 7.91. The van der Waals surface area contributed by atoms with E-state index in [4.69, 9.17) is 16.7 Å². The molecule has 2 fully saturated rings. The lowest BCUT2D eigenvalue weighted by atomic mass is 9.84. The molecular formula is C32H32ClFN4O4S. The van der Waals surface area contributed by atoms with Gasteiger partial charge in [0, 0.05) is 41.3 Å². The van der Waals surface area contributed by atoms with Gasteiger partial charge < -0.3 is 19.9 Å². The van der Waals surface area contributed by atoms with Crippen LogP contribution >= 0.6 is 22.9 Å². The number of likely N-dealkylation sites (tertiary alicyclic amines) is 1. The number of anilines is 1. The molecule has 2 aromatic heterocycles. The largest absolute Gasteiger partial charge is 0.481 e. The summed E-state index contributed by atoms with van der Waals surface area (Å²) in [4.78, 5) is 45.4. The van der Waals surface area contributed by atoms with Crippen molar-refractivity contribution < 1.29 is 23.9 Å². The SMILES string of the molecule is Cn1cc(C(=O)Nc2cc(F)c(CC(=O)N3C4CCCC[C@H]4C[C@H]3c3ncc(CCC(=O)O)s3)cc2Cl)c2ccccc21. The minimum atomic E-state index is -0.863. The molecule has 1 saturated carbocycles. The number of aromatic nitrogens is 2. The molecule has 1 aliphatic heterocycles. The van der Waals surface area contributed by atoms with Crippen LogP contribution in [0, 0.1) is 11.7 Å². The molecule has 3 atom stereocenters. The third-order valence-corrected chi connectivity index (χ3v) is 10.2. The number of nitrogens with zero attached hydrogens (tertiary/aromatic N) is 3. The van der Waals surface area contributed by atoms with E-state index < -0.39 is 17.7 Å². The molecule has 0 radical (unpaired) electrons. The van der Waals surface area contributed by atoms with Crippen molar-refractivity contribution in [2.24, 2.45) is 13.0 Å². The number of carbonyl (C=O) groups is 3. The molecule has 0 bridgehead atoms. The molecule has 224 valence electrons. The van der Waals surface area contributed by atoms with E-state index in [0.29, 0.717) is 17.9 Å². The molecule has 1 saturated heterocycles. The second-order valence-electron chi connectivity index (χ2n) is 11.4. The number of hydrogen-bond acceptors (Lipinski definition) is 5. The summed E-state index contributed by atoms with van der Waals surface area (Å²) in [5.74, 6) is -1.72. The van der Waals surface area contributed by atoms with Crippen LogP contribution in [-0.2, 0) is 29.5 Å². The van der Waals surface area contributed by atoms with Crippen molar-refractivity contribution >= 4 is 57.3 Å². The lowest BCUT2D eigenvalue weighted by Crippen LogP contribution is -2.41. The molecule has 1 aliphatic carbocycles. The summed E-state index contributed by atoms with van der Waals surface area (Å²) in [6.45, 7) is 0. The highest BCUT2D eigenvalue weighted by atomic mass is 35.5. The number of benzene rings is 2. The van der Waals surface area contributed by atoms with Crippen LogP contribution in [0.4, 0.5) is 10.1 Å². The van der Waals surface area contributed by atoms with Crippen molar-refractivity contribution in [2.75, 3.05) is 5.32 Å². The third kappa shape index (κ3) is 5.90. The Labute approximate surface area is 257 Å². The number of halogens is 2. The van der Waals surface area contributed by atoms with Crippen LogP contribution in [-0.4, -0.2) is 43.4 Å². The predicted molar refractivity (Wildman–Crippen MR) is 164 cm³/mol. The number of hydrogen-bond donors (Lipinski definition) is 2. The van der Waals surface area contributed by atoms with E-state index in [2.05, 4.69) is 10.3 Å². The maximum atomic E-state index is 15.5. The smallest absolute Gasteiger partial charge is 0.303 e. The van der Waals surface area contributed by atoms with Crippen LogP contribution in [0.5, 0.6) is 0 Å². The Morgan fingerprint density at radius 3 is 2.79 bits per heavy atom. The molecule has 0 spiro atoms. The second-order valence-corrected chi connectivity index (χ2v) is 13.0. The van der Waals surface area contributed by atoms with Gasteiger partial charge >= 0.3 is 5.97 Å². The Balaban J connectivity index is 1.21. The molecular weight excluding hydrogens is 591 g/mol. The first-order valence-electron chi connectivity index (χ1n) is 14.5. The molecule has 3 heterocycles. The average molecular weight is 623 g/mol. The first-order chi connectivity index (χ1) is 20.7. The van der Waals surface area contributed by atoms with E-state index in [1.807, 2.05) is 40.8 Å². The minimum Gasteiger partial charge on any atom is -0.481 e. The zero-order chi connectivity index (χ0) is 30.2. The van der Waals surface area contributed by atoms with Crippen LogP contribution < -0.4 is 5.32 Å². The van der Waals surface area contributed by atoms with Gasteiger partial charge in [-0.2, -0.15) is 0 Å². The van der Waals surface area contributed by atoms with E-state index >= 15 is 4.39 Å². The number of carboxylic acids is 1. The summed E-state index contributed by atoms with van der Waals surface area (Å²) < 4.78 is 17.3. The monoisotopic (exact) mass is 622 g/mol. The highest BCUT2D eigenvalue weighted by Crippen LogP contribution is 2.47. The third-order valence-electron chi connectivity index (χ3n) is 8.69. The van der Waals surface area contributed by atoms with Crippen molar-refractivity contribution in [2.45, 2.75) is 63.5 Å². The summed E-state index contributed by atoms with van der Waals surface area (Å²) in [5, 5.41) is 13.5. The quantitative estimate of drug-likeness (QED) is 0.226. The van der Waals surface area contributed by atoms with E-state index in [1.54, 1.807) is 12.4 Å². The van der Waals surface area contributed by atoms with Gasteiger partial charge in [-0.15, -0.1) is 11.3 Å². The number of carboxylic acid groups (broad SMARTS) is 1. The van der Waals surface area contributed by atoms with Crippen LogP contribution in [0.25, 0.3) is 10.9 Å². The van der Waals surface area contributed by atoms with Crippen LogP contribution in [0.15, 0.2) is 48.8 Å². The molecule has 8 nitrogen and oxygen atoms in total. The number of carbonyl (C=O) groups excluding carboxylic acids is 2. The fraction of sp³-hybridized carbons (Fsp3) is 0.375. The van der Waals surface area contributed by atoms with Gasteiger partial charge in [0.05, 0.1) is 35.2 Å². The van der Waals surface area contributed by atoms with Gasteiger partial charge in [0.25, 0.3) is 5.91 Å². The number of thiazole rings is 1. The van der Waals surface area contributed by atoms with Crippen LogP contribution in [0.2, 0.25) is 5.02 Å². The predicted octanol–water partition coefficient (Wildman–Crippen LogP) is 6.77. The normalized spacial score (nSPS) is 19.9. The first kappa shape index (κ1) is 29.3. The Hall–Kier alpha value is -3.76. The van der Waals surface area contributed by atoms with Gasteiger partial charge in [0.2, 0.25) is 5.91 Å². The molecule has 43 heavy (non-hydrogen) atoms. The number of aliphatic carboxylic acids is 1. The molecule has 11 heteroatoms. The lowest BCUT2D eigenvalue weighted by molar-refractivity contribution is -0.137. The fourth-order valence-electron chi connectivity index (χ4n) is 6.65. The van der Waals surface area contributed by atoms with Gasteiger partial charge in [-0.1, -0.05) is 42.6 Å². The molecule has 2 aliphatic rings. The summed E-state index contributed by atoms with van der Waals surface area (Å²) in [6, 6.07) is 9.96. The van der Waals surface area contributed by atoms with Gasteiger partial charge in [0.1, 0.15) is 10.8 Å². The van der Waals surface area contributed by atoms with Crippen molar-refractivity contribution in [3.8, 4) is 0 Å². The van der Waals surface area contributed by atoms with Gasteiger partial charge in [0.15, 0.2) is 0 Å². The van der Waals surface area contributed by atoms with Crippen LogP contribution in [0.1, 0.15) is 70.4 Å². The Morgan fingerprint density at radius 1 is 1.19 bits per heavy atom.